The number of nitrogens with zero attached hydrogens (tertiary/aromatic N) is 1. The molecule has 2 rings (SSSR count). The smallest absolute Gasteiger partial charge is 0.186 e. The van der Waals surface area contributed by atoms with Crippen LogP contribution in [0.1, 0.15) is 45.6 Å². The Morgan fingerprint density at radius 2 is 2.00 bits per heavy atom. The zero-order valence-electron chi connectivity index (χ0n) is 12.3. The van der Waals surface area contributed by atoms with Crippen LogP contribution in [0.4, 0.5) is 5.69 Å². The van der Waals surface area contributed by atoms with Crippen LogP contribution in [0, 0.1) is 0 Å². The second-order valence-corrected chi connectivity index (χ2v) is 6.16. The highest BCUT2D eigenvalue weighted by molar-refractivity contribution is 6.04. The molecule has 0 unspecified atom stereocenters. The predicted molar refractivity (Wildman–Crippen MR) is 81.9 cm³/mol. The molecule has 2 nitrogen and oxygen atoms in total. The van der Waals surface area contributed by atoms with Crippen molar-refractivity contribution in [1.82, 2.24) is 4.81 Å². The summed E-state index contributed by atoms with van der Waals surface area (Å²) in [6.07, 6.45) is 1.20. The topological polar surface area (TPSA) is 15.3 Å². The number of nitrogens with one attached hydrogen (secondary N) is 1. The van der Waals surface area contributed by atoms with Crippen LogP contribution in [0.2, 0.25) is 0 Å². The van der Waals surface area contributed by atoms with Gasteiger partial charge in [-0.25, -0.2) is 0 Å². The number of benzene rings is 1. The van der Waals surface area contributed by atoms with Crippen molar-refractivity contribution in [3.05, 3.63) is 29.8 Å². The van der Waals surface area contributed by atoms with E-state index in [1.165, 1.54) is 17.7 Å². The lowest BCUT2D eigenvalue weighted by Gasteiger charge is -2.38. The van der Waals surface area contributed by atoms with E-state index in [0.717, 1.165) is 6.54 Å². The van der Waals surface area contributed by atoms with Gasteiger partial charge in [-0.3, -0.25) is 0 Å². The molecule has 0 bridgehead atoms. The Balaban J connectivity index is 2.20. The minimum atomic E-state index is 0.243. The minimum absolute atomic E-state index is 0.243. The molecule has 1 aliphatic rings. The number of para-hydroxylation sites is 1. The van der Waals surface area contributed by atoms with Crippen molar-refractivity contribution < 1.29 is 0 Å². The van der Waals surface area contributed by atoms with Crippen molar-refractivity contribution >= 4 is 13.7 Å². The molecule has 1 aromatic rings. The van der Waals surface area contributed by atoms with Crippen molar-refractivity contribution in [3.63, 3.8) is 0 Å². The zero-order chi connectivity index (χ0) is 13.3. The molecule has 0 amide bonds. The molecule has 18 heavy (non-hydrogen) atoms. The number of rotatable bonds is 4. The first-order chi connectivity index (χ1) is 8.45. The highest BCUT2D eigenvalue weighted by atomic mass is 15.1. The number of anilines is 1. The fourth-order valence-corrected chi connectivity index (χ4v) is 2.98. The molecule has 98 valence electrons. The summed E-state index contributed by atoms with van der Waals surface area (Å²) >= 11 is 0. The average molecular weight is 244 g/mol. The van der Waals surface area contributed by atoms with Gasteiger partial charge in [0.05, 0.1) is 0 Å². The van der Waals surface area contributed by atoms with Crippen LogP contribution in [-0.2, 0) is 0 Å². The molecule has 1 aliphatic heterocycles. The fourth-order valence-electron chi connectivity index (χ4n) is 2.98. The molecule has 0 saturated carbocycles. The van der Waals surface area contributed by atoms with E-state index in [9.17, 15) is 0 Å². The Labute approximate surface area is 112 Å². The summed E-state index contributed by atoms with van der Waals surface area (Å²) in [5.41, 5.74) is 3.06. The minimum Gasteiger partial charge on any atom is -0.382 e. The SMILES string of the molecule is BN(CC)C(C)(C)C[C@H]1c2ccccc2N[C@H]1C. The maximum absolute atomic E-state index is 3.61. The van der Waals surface area contributed by atoms with E-state index in [2.05, 4.69) is 70.1 Å². The van der Waals surface area contributed by atoms with E-state index in [-0.39, 0.29) is 5.54 Å². The van der Waals surface area contributed by atoms with E-state index in [1.807, 2.05) is 0 Å². The van der Waals surface area contributed by atoms with E-state index >= 15 is 0 Å². The summed E-state index contributed by atoms with van der Waals surface area (Å²) < 4.78 is 0. The monoisotopic (exact) mass is 244 g/mol. The summed E-state index contributed by atoms with van der Waals surface area (Å²) in [6.45, 7) is 10.3. The van der Waals surface area contributed by atoms with Crippen LogP contribution in [0.5, 0.6) is 0 Å². The van der Waals surface area contributed by atoms with Crippen molar-refractivity contribution in [3.8, 4) is 0 Å². The molecule has 1 N–H and O–H groups in total. The van der Waals surface area contributed by atoms with Crippen LogP contribution in [-0.4, -0.2) is 30.9 Å². The van der Waals surface area contributed by atoms with Crippen LogP contribution < -0.4 is 5.32 Å². The number of fused-ring (bicyclic) bond motifs is 1. The van der Waals surface area contributed by atoms with Crippen LogP contribution >= 0.6 is 0 Å². The lowest BCUT2D eigenvalue weighted by molar-refractivity contribution is 0.212. The third kappa shape index (κ3) is 2.42. The summed E-state index contributed by atoms with van der Waals surface area (Å²) in [5.74, 6) is 0.616. The molecule has 0 fully saturated rings. The standard InChI is InChI=1S/C15H25BN2/c1-5-18(16)15(3,4)10-13-11(2)17-14-9-7-6-8-12(13)14/h6-9,11,13,17H,5,10,16H2,1-4H3/t11-,13+/m0/s1. The quantitative estimate of drug-likeness (QED) is 0.819. The Hall–Kier alpha value is -0.955. The van der Waals surface area contributed by atoms with E-state index < -0.39 is 0 Å². The summed E-state index contributed by atoms with van der Waals surface area (Å²) in [4.78, 5) is 2.45. The largest absolute Gasteiger partial charge is 0.382 e. The summed E-state index contributed by atoms with van der Waals surface area (Å²) in [6, 6.07) is 9.28. The first kappa shape index (κ1) is 13.5. The maximum atomic E-state index is 3.61. The molecular formula is C15H25BN2. The molecule has 0 spiro atoms. The highest BCUT2D eigenvalue weighted by Gasteiger charge is 2.34. The van der Waals surface area contributed by atoms with Gasteiger partial charge in [0.1, 0.15) is 0 Å². The molecule has 2 atom stereocenters. The first-order valence-corrected chi connectivity index (χ1v) is 7.02. The maximum Gasteiger partial charge on any atom is 0.186 e. The van der Waals surface area contributed by atoms with E-state index in [4.69, 9.17) is 0 Å². The molecule has 1 aromatic carbocycles. The number of hydrogen-bond acceptors (Lipinski definition) is 2. The molecule has 0 radical (unpaired) electrons. The third-order valence-corrected chi connectivity index (χ3v) is 4.57. The normalized spacial score (nSPS) is 22.9. The first-order valence-electron chi connectivity index (χ1n) is 7.02. The van der Waals surface area contributed by atoms with Crippen molar-refractivity contribution in [2.75, 3.05) is 11.9 Å². The summed E-state index contributed by atoms with van der Waals surface area (Å²) in [7, 11) is 2.22. The molecule has 1 heterocycles. The van der Waals surface area contributed by atoms with Crippen molar-refractivity contribution in [2.24, 2.45) is 0 Å². The van der Waals surface area contributed by atoms with Crippen molar-refractivity contribution in [1.29, 1.82) is 0 Å². The average Bonchev–Trinajstić information content (AvgIpc) is 2.65. The second-order valence-electron chi connectivity index (χ2n) is 6.16. The van der Waals surface area contributed by atoms with E-state index in [1.54, 1.807) is 0 Å². The molecular weight excluding hydrogens is 219 g/mol. The Bertz CT molecular complexity index is 417. The third-order valence-electron chi connectivity index (χ3n) is 4.57. The highest BCUT2D eigenvalue weighted by Crippen LogP contribution is 2.41. The lowest BCUT2D eigenvalue weighted by Crippen LogP contribution is -2.44. The molecule has 0 aliphatic carbocycles. The van der Waals surface area contributed by atoms with Gasteiger partial charge in [-0.05, 0) is 45.4 Å². The van der Waals surface area contributed by atoms with Gasteiger partial charge in [-0.15, -0.1) is 0 Å². The van der Waals surface area contributed by atoms with Crippen LogP contribution in [0.3, 0.4) is 0 Å². The van der Waals surface area contributed by atoms with Gasteiger partial charge < -0.3 is 10.1 Å². The predicted octanol–water partition coefficient (Wildman–Crippen LogP) is 2.62. The van der Waals surface area contributed by atoms with Crippen molar-refractivity contribution in [2.45, 2.75) is 51.6 Å². The molecule has 0 aromatic heterocycles. The van der Waals surface area contributed by atoms with Gasteiger partial charge in [0.15, 0.2) is 7.98 Å². The van der Waals surface area contributed by atoms with Gasteiger partial charge in [0, 0.05) is 23.2 Å². The molecule has 0 saturated heterocycles. The Morgan fingerprint density at radius 3 is 2.67 bits per heavy atom. The Kier molecular flexibility index (Phi) is 3.72. The summed E-state index contributed by atoms with van der Waals surface area (Å²) in [5, 5.41) is 3.61. The van der Waals surface area contributed by atoms with Gasteiger partial charge in [-0.1, -0.05) is 25.1 Å². The van der Waals surface area contributed by atoms with Gasteiger partial charge in [0.2, 0.25) is 0 Å². The fraction of sp³-hybridized carbons (Fsp3) is 0.600. The molecule has 3 heteroatoms. The van der Waals surface area contributed by atoms with E-state index in [0.29, 0.717) is 12.0 Å². The van der Waals surface area contributed by atoms with Gasteiger partial charge in [0.25, 0.3) is 0 Å². The van der Waals surface area contributed by atoms with Gasteiger partial charge >= 0.3 is 0 Å². The Morgan fingerprint density at radius 1 is 1.33 bits per heavy atom. The van der Waals surface area contributed by atoms with Crippen LogP contribution in [0.25, 0.3) is 0 Å². The zero-order valence-corrected chi connectivity index (χ0v) is 12.3. The lowest BCUT2D eigenvalue weighted by atomic mass is 9.81. The van der Waals surface area contributed by atoms with Crippen LogP contribution in [0.15, 0.2) is 24.3 Å². The van der Waals surface area contributed by atoms with Gasteiger partial charge in [-0.2, -0.15) is 0 Å². The second kappa shape index (κ2) is 4.97. The number of hydrogen-bond donors (Lipinski definition) is 1.